The fraction of sp³-hybridized carbons (Fsp3) is 0.300. The van der Waals surface area contributed by atoms with Crippen molar-refractivity contribution in [2.24, 2.45) is 0 Å². The van der Waals surface area contributed by atoms with Crippen molar-refractivity contribution in [3.63, 3.8) is 0 Å². The van der Waals surface area contributed by atoms with E-state index in [1.165, 1.54) is 31.0 Å². The molecule has 2 heterocycles. The monoisotopic (exact) mass is 562 g/mol. The van der Waals surface area contributed by atoms with Crippen LogP contribution in [0.25, 0.3) is 11.1 Å². The summed E-state index contributed by atoms with van der Waals surface area (Å²) in [7, 11) is 1.64. The minimum absolute atomic E-state index is 0.208. The fourth-order valence-corrected chi connectivity index (χ4v) is 5.87. The molecule has 9 heteroatoms. The maximum atomic E-state index is 12.6. The number of aromatic nitrogens is 3. The molecule has 0 bridgehead atoms. The number of nitrogens with zero attached hydrogens (tertiary/aromatic N) is 4. The predicted molar refractivity (Wildman–Crippen MR) is 155 cm³/mol. The van der Waals surface area contributed by atoms with E-state index in [2.05, 4.69) is 39.5 Å². The van der Waals surface area contributed by atoms with E-state index in [1.807, 2.05) is 42.5 Å². The molecule has 3 aromatic carbocycles. The van der Waals surface area contributed by atoms with Gasteiger partial charge in [-0.3, -0.25) is 0 Å². The number of hydrogen-bond donors (Lipinski definition) is 0. The Hall–Kier alpha value is -3.49. The first-order chi connectivity index (χ1) is 19.1. The Labute approximate surface area is 238 Å². The Kier molecular flexibility index (Phi) is 8.74. The van der Waals surface area contributed by atoms with Crippen molar-refractivity contribution in [1.29, 1.82) is 0 Å². The summed E-state index contributed by atoms with van der Waals surface area (Å²) in [5.41, 5.74) is 4.46. The average molecular weight is 563 g/mol. The molecule has 0 spiro atoms. The second-order valence-electron chi connectivity index (χ2n) is 9.31. The number of piperidine rings is 1. The lowest BCUT2D eigenvalue weighted by Crippen LogP contribution is -2.29. The second-order valence-corrected chi connectivity index (χ2v) is 10.8. The van der Waals surface area contributed by atoms with Crippen LogP contribution in [0.2, 0.25) is 5.02 Å². The van der Waals surface area contributed by atoms with Gasteiger partial charge in [0.15, 0.2) is 0 Å². The van der Waals surface area contributed by atoms with Gasteiger partial charge >= 0.3 is 5.97 Å². The summed E-state index contributed by atoms with van der Waals surface area (Å²) in [4.78, 5) is 16.0. The van der Waals surface area contributed by atoms with E-state index in [4.69, 9.17) is 21.1 Å². The number of methoxy groups -OCH3 is 1. The Morgan fingerprint density at radius 2 is 1.69 bits per heavy atom. The van der Waals surface area contributed by atoms with Crippen LogP contribution in [0.5, 0.6) is 5.75 Å². The van der Waals surface area contributed by atoms with Gasteiger partial charge in [0.05, 0.1) is 31.0 Å². The molecule has 0 amide bonds. The lowest BCUT2D eigenvalue weighted by atomic mass is 10.0. The Morgan fingerprint density at radius 1 is 0.974 bits per heavy atom. The van der Waals surface area contributed by atoms with Crippen molar-refractivity contribution in [3.05, 3.63) is 83.0 Å². The lowest BCUT2D eigenvalue weighted by Gasteiger charge is -2.29. The second kappa shape index (κ2) is 12.6. The number of benzene rings is 3. The third kappa shape index (κ3) is 6.40. The van der Waals surface area contributed by atoms with Crippen molar-refractivity contribution in [2.45, 2.75) is 42.7 Å². The first-order valence-electron chi connectivity index (χ1n) is 13.1. The first kappa shape index (κ1) is 27.1. The first-order valence-corrected chi connectivity index (χ1v) is 14.3. The molecule has 4 aromatic rings. The summed E-state index contributed by atoms with van der Waals surface area (Å²) in [5.74, 6) is 0.294. The lowest BCUT2D eigenvalue weighted by molar-refractivity contribution is 0.0515. The fourth-order valence-electron chi connectivity index (χ4n) is 4.65. The molecule has 7 nitrogen and oxygen atoms in total. The average Bonchev–Trinajstić information content (AvgIpc) is 3.36. The minimum Gasteiger partial charge on any atom is -0.497 e. The molecule has 5 rings (SSSR count). The SMILES string of the molecule is CCOC(=O)c1nnn(Cc2ccc(OC)cc2)c1Sc1ccc(-c2ccc(N3CCCCC3)c(Cl)c2)cc1. The van der Waals surface area contributed by atoms with Crippen molar-refractivity contribution < 1.29 is 14.3 Å². The van der Waals surface area contributed by atoms with Crippen LogP contribution >= 0.6 is 23.4 Å². The van der Waals surface area contributed by atoms with Gasteiger partial charge < -0.3 is 14.4 Å². The maximum Gasteiger partial charge on any atom is 0.361 e. The molecule has 0 unspecified atom stereocenters. The van der Waals surface area contributed by atoms with Crippen molar-refractivity contribution in [2.75, 3.05) is 31.7 Å². The summed E-state index contributed by atoms with van der Waals surface area (Å²) in [5, 5.41) is 9.84. The van der Waals surface area contributed by atoms with E-state index < -0.39 is 5.97 Å². The van der Waals surface area contributed by atoms with E-state index >= 15 is 0 Å². The van der Waals surface area contributed by atoms with Gasteiger partial charge in [0.2, 0.25) is 5.69 Å². The van der Waals surface area contributed by atoms with Crippen LogP contribution in [-0.2, 0) is 11.3 Å². The molecule has 0 radical (unpaired) electrons. The third-order valence-corrected chi connectivity index (χ3v) is 8.10. The number of esters is 1. The standard InChI is InChI=1S/C30H31ClN4O3S/c1-3-38-30(36)28-29(35(33-32-28)20-21-7-12-24(37-2)13-8-21)39-25-14-9-22(10-15-25)23-11-16-27(26(31)19-23)34-17-5-4-6-18-34/h7-16,19H,3-6,17-18,20H2,1-2H3. The summed E-state index contributed by atoms with van der Waals surface area (Å²) < 4.78 is 12.2. The number of halogens is 1. The van der Waals surface area contributed by atoms with Gasteiger partial charge in [-0.05, 0) is 79.3 Å². The Bertz CT molecular complexity index is 1420. The highest BCUT2D eigenvalue weighted by Gasteiger charge is 2.22. The molecular weight excluding hydrogens is 532 g/mol. The van der Waals surface area contributed by atoms with Crippen molar-refractivity contribution in [1.82, 2.24) is 15.0 Å². The van der Waals surface area contributed by atoms with Crippen LogP contribution in [0.4, 0.5) is 5.69 Å². The number of carbonyl (C=O) groups is 1. The van der Waals surface area contributed by atoms with Gasteiger partial charge in [0, 0.05) is 18.0 Å². The van der Waals surface area contributed by atoms with Crippen molar-refractivity contribution >= 4 is 35.0 Å². The molecule has 0 N–H and O–H groups in total. The smallest absolute Gasteiger partial charge is 0.361 e. The summed E-state index contributed by atoms with van der Waals surface area (Å²) in [6, 6.07) is 22.2. The number of rotatable bonds is 9. The molecule has 1 fully saturated rings. The van der Waals surface area contributed by atoms with Crippen LogP contribution in [0, 0.1) is 0 Å². The number of hydrogen-bond acceptors (Lipinski definition) is 7. The van der Waals surface area contributed by atoms with E-state index in [-0.39, 0.29) is 12.3 Å². The third-order valence-electron chi connectivity index (χ3n) is 6.70. The summed E-state index contributed by atoms with van der Waals surface area (Å²) in [6.45, 7) is 4.61. The van der Waals surface area contributed by atoms with Crippen LogP contribution in [0.15, 0.2) is 76.7 Å². The summed E-state index contributed by atoms with van der Waals surface area (Å²) in [6.07, 6.45) is 3.71. The quantitative estimate of drug-likeness (QED) is 0.204. The van der Waals surface area contributed by atoms with Crippen LogP contribution in [0.1, 0.15) is 42.2 Å². The van der Waals surface area contributed by atoms with Crippen molar-refractivity contribution in [3.8, 4) is 16.9 Å². The van der Waals surface area contributed by atoms with Gasteiger partial charge in [-0.15, -0.1) is 5.10 Å². The number of ether oxygens (including phenoxy) is 2. The van der Waals surface area contributed by atoms with Gasteiger partial charge in [-0.1, -0.05) is 58.9 Å². The summed E-state index contributed by atoms with van der Waals surface area (Å²) >= 11 is 8.14. The molecule has 1 aliphatic heterocycles. The highest BCUT2D eigenvalue weighted by molar-refractivity contribution is 7.99. The van der Waals surface area contributed by atoms with Gasteiger partial charge in [-0.2, -0.15) is 0 Å². The Balaban J connectivity index is 1.36. The molecule has 202 valence electrons. The largest absolute Gasteiger partial charge is 0.497 e. The van der Waals surface area contributed by atoms with Gasteiger partial charge in [0.1, 0.15) is 10.8 Å². The molecule has 0 aliphatic carbocycles. The topological polar surface area (TPSA) is 69.5 Å². The van der Waals surface area contributed by atoms with E-state index in [1.54, 1.807) is 18.7 Å². The zero-order valence-electron chi connectivity index (χ0n) is 22.1. The van der Waals surface area contributed by atoms with E-state index in [9.17, 15) is 4.79 Å². The highest BCUT2D eigenvalue weighted by Crippen LogP contribution is 2.35. The van der Waals surface area contributed by atoms with Crippen LogP contribution in [-0.4, -0.2) is 47.8 Å². The zero-order chi connectivity index (χ0) is 27.2. The molecule has 0 atom stereocenters. The normalized spacial score (nSPS) is 13.4. The molecule has 39 heavy (non-hydrogen) atoms. The van der Waals surface area contributed by atoms with Gasteiger partial charge in [0.25, 0.3) is 0 Å². The van der Waals surface area contributed by atoms with E-state index in [0.29, 0.717) is 11.6 Å². The molecule has 1 aliphatic rings. The number of carbonyl (C=O) groups excluding carboxylic acids is 1. The van der Waals surface area contributed by atoms with Crippen LogP contribution in [0.3, 0.4) is 0 Å². The molecule has 0 saturated carbocycles. The highest BCUT2D eigenvalue weighted by atomic mass is 35.5. The molecule has 1 saturated heterocycles. The maximum absolute atomic E-state index is 12.6. The molecule has 1 aromatic heterocycles. The van der Waals surface area contributed by atoms with E-state index in [0.717, 1.165) is 51.1 Å². The predicted octanol–water partition coefficient (Wildman–Crippen LogP) is 6.97. The molecular formula is C30H31ClN4O3S. The minimum atomic E-state index is -0.485. The Morgan fingerprint density at radius 3 is 2.36 bits per heavy atom. The zero-order valence-corrected chi connectivity index (χ0v) is 23.7. The van der Waals surface area contributed by atoms with Gasteiger partial charge in [-0.25, -0.2) is 9.48 Å². The number of anilines is 1. The van der Waals surface area contributed by atoms with Crippen LogP contribution < -0.4 is 9.64 Å².